The number of rotatable bonds is 4. The number of nitrogens with zero attached hydrogens (tertiary/aromatic N) is 1. The quantitative estimate of drug-likeness (QED) is 0.799. The first-order chi connectivity index (χ1) is 7.94. The fourth-order valence-corrected chi connectivity index (χ4v) is 1.67. The van der Waals surface area contributed by atoms with Crippen LogP contribution in [-0.4, -0.2) is 18.8 Å². The van der Waals surface area contributed by atoms with Crippen LogP contribution in [0.5, 0.6) is 5.75 Å². The van der Waals surface area contributed by atoms with Gasteiger partial charge in [0.05, 0.1) is 12.2 Å². The van der Waals surface area contributed by atoms with Gasteiger partial charge in [0.15, 0.2) is 0 Å². The van der Waals surface area contributed by atoms with Crippen LogP contribution in [0.2, 0.25) is 0 Å². The molecule has 0 saturated heterocycles. The lowest BCUT2D eigenvalue weighted by Crippen LogP contribution is -2.22. The molecule has 0 radical (unpaired) electrons. The Bertz CT molecular complexity index is 418. The van der Waals surface area contributed by atoms with Gasteiger partial charge in [0.25, 0.3) is 0 Å². The van der Waals surface area contributed by atoms with Crippen LogP contribution in [0.25, 0.3) is 0 Å². The fraction of sp³-hybridized carbons (Fsp3) is 0.462. The van der Waals surface area contributed by atoms with Gasteiger partial charge in [-0.25, -0.2) is 0 Å². The molecular formula is C13H16BrNO2. The van der Waals surface area contributed by atoms with E-state index in [0.29, 0.717) is 24.5 Å². The molecule has 0 atom stereocenters. The van der Waals surface area contributed by atoms with E-state index < -0.39 is 0 Å². The summed E-state index contributed by atoms with van der Waals surface area (Å²) < 4.78 is 11.8. The van der Waals surface area contributed by atoms with Crippen LogP contribution in [0.1, 0.15) is 26.3 Å². The summed E-state index contributed by atoms with van der Waals surface area (Å²) in [6, 6.07) is 7.54. The zero-order valence-corrected chi connectivity index (χ0v) is 11.9. The molecule has 4 heteroatoms. The monoisotopic (exact) mass is 297 g/mol. The smallest absolute Gasteiger partial charge is 0.138 e. The summed E-state index contributed by atoms with van der Waals surface area (Å²) in [6.45, 7) is 6.91. The van der Waals surface area contributed by atoms with Crippen molar-refractivity contribution in [3.63, 3.8) is 0 Å². The van der Waals surface area contributed by atoms with E-state index in [9.17, 15) is 0 Å². The maximum absolute atomic E-state index is 8.99. The highest BCUT2D eigenvalue weighted by atomic mass is 79.9. The summed E-state index contributed by atoms with van der Waals surface area (Å²) in [5, 5.41) is 8.99. The van der Waals surface area contributed by atoms with Crippen molar-refractivity contribution in [2.45, 2.75) is 26.4 Å². The van der Waals surface area contributed by atoms with Crippen molar-refractivity contribution < 1.29 is 9.47 Å². The number of hydrogen-bond donors (Lipinski definition) is 0. The molecule has 0 heterocycles. The maximum Gasteiger partial charge on any atom is 0.138 e. The van der Waals surface area contributed by atoms with Gasteiger partial charge in [0, 0.05) is 4.47 Å². The lowest BCUT2D eigenvalue weighted by Gasteiger charge is -2.19. The third-order valence-corrected chi connectivity index (χ3v) is 2.62. The van der Waals surface area contributed by atoms with Gasteiger partial charge in [-0.3, -0.25) is 0 Å². The number of halogens is 1. The van der Waals surface area contributed by atoms with Crippen molar-refractivity contribution in [1.82, 2.24) is 0 Å². The molecule has 0 unspecified atom stereocenters. The molecule has 1 aromatic carbocycles. The molecule has 0 fully saturated rings. The highest BCUT2D eigenvalue weighted by molar-refractivity contribution is 9.10. The number of ether oxygens (including phenoxy) is 2. The Kier molecular flexibility index (Phi) is 4.98. The summed E-state index contributed by atoms with van der Waals surface area (Å²) in [7, 11) is 0. The fourth-order valence-electron chi connectivity index (χ4n) is 1.23. The summed E-state index contributed by atoms with van der Waals surface area (Å²) in [4.78, 5) is 0. The lowest BCUT2D eigenvalue weighted by atomic mass is 10.2. The van der Waals surface area contributed by atoms with Gasteiger partial charge < -0.3 is 9.47 Å². The van der Waals surface area contributed by atoms with Crippen LogP contribution in [0.3, 0.4) is 0 Å². The minimum Gasteiger partial charge on any atom is -0.490 e. The van der Waals surface area contributed by atoms with E-state index in [0.717, 1.165) is 4.47 Å². The topological polar surface area (TPSA) is 42.2 Å². The van der Waals surface area contributed by atoms with E-state index in [2.05, 4.69) is 22.0 Å². The Balaban J connectivity index is 2.53. The standard InChI is InChI=1S/C13H16BrNO2/c1-13(2,3)17-8-7-16-12-6-4-5-11(14)10(12)9-15/h4-6H,7-8H2,1-3H3. The molecule has 0 N–H and O–H groups in total. The summed E-state index contributed by atoms with van der Waals surface area (Å²) >= 11 is 3.31. The second kappa shape index (κ2) is 6.04. The van der Waals surface area contributed by atoms with Crippen molar-refractivity contribution in [3.8, 4) is 11.8 Å². The molecule has 0 aliphatic carbocycles. The van der Waals surface area contributed by atoms with Crippen molar-refractivity contribution in [3.05, 3.63) is 28.2 Å². The van der Waals surface area contributed by atoms with Crippen molar-refractivity contribution in [2.75, 3.05) is 13.2 Å². The number of hydrogen-bond acceptors (Lipinski definition) is 3. The zero-order valence-electron chi connectivity index (χ0n) is 10.3. The Labute approximate surface area is 110 Å². The first-order valence-electron chi connectivity index (χ1n) is 5.39. The third kappa shape index (κ3) is 4.76. The highest BCUT2D eigenvalue weighted by Crippen LogP contribution is 2.25. The maximum atomic E-state index is 8.99. The van der Waals surface area contributed by atoms with Crippen molar-refractivity contribution in [2.24, 2.45) is 0 Å². The van der Waals surface area contributed by atoms with E-state index in [1.54, 1.807) is 6.07 Å². The molecule has 0 aromatic heterocycles. The Morgan fingerprint density at radius 2 is 2.00 bits per heavy atom. The van der Waals surface area contributed by atoms with Crippen LogP contribution in [0.15, 0.2) is 22.7 Å². The van der Waals surface area contributed by atoms with Gasteiger partial charge in [0.1, 0.15) is 24.0 Å². The van der Waals surface area contributed by atoms with Gasteiger partial charge in [-0.1, -0.05) is 6.07 Å². The molecule has 0 bridgehead atoms. The van der Waals surface area contributed by atoms with Gasteiger partial charge in [-0.05, 0) is 48.8 Å². The van der Waals surface area contributed by atoms with Gasteiger partial charge in [-0.2, -0.15) is 5.26 Å². The van der Waals surface area contributed by atoms with Gasteiger partial charge in [0.2, 0.25) is 0 Å². The van der Waals surface area contributed by atoms with Gasteiger partial charge >= 0.3 is 0 Å². The zero-order chi connectivity index (χ0) is 12.9. The van der Waals surface area contributed by atoms with E-state index in [1.165, 1.54) is 0 Å². The minimum absolute atomic E-state index is 0.168. The molecule has 0 aliphatic rings. The first kappa shape index (κ1) is 14.0. The molecule has 0 amide bonds. The normalized spacial score (nSPS) is 11.0. The van der Waals surface area contributed by atoms with Crippen LogP contribution >= 0.6 is 15.9 Å². The van der Waals surface area contributed by atoms with E-state index in [4.69, 9.17) is 14.7 Å². The summed E-state index contributed by atoms with van der Waals surface area (Å²) in [5.41, 5.74) is 0.349. The predicted octanol–water partition coefficient (Wildman–Crippen LogP) is 3.51. The second-order valence-corrected chi connectivity index (χ2v) is 5.39. The SMILES string of the molecule is CC(C)(C)OCCOc1cccc(Br)c1C#N. The molecule has 17 heavy (non-hydrogen) atoms. The minimum atomic E-state index is -0.168. The average molecular weight is 298 g/mol. The second-order valence-electron chi connectivity index (χ2n) is 4.53. The molecule has 0 aliphatic heterocycles. The largest absolute Gasteiger partial charge is 0.490 e. The average Bonchev–Trinajstić information content (AvgIpc) is 2.23. The van der Waals surface area contributed by atoms with Crippen LogP contribution in [0.4, 0.5) is 0 Å². The van der Waals surface area contributed by atoms with E-state index in [-0.39, 0.29) is 5.60 Å². The van der Waals surface area contributed by atoms with E-state index >= 15 is 0 Å². The molecule has 1 rings (SSSR count). The van der Waals surface area contributed by atoms with Crippen LogP contribution in [-0.2, 0) is 4.74 Å². The molecule has 3 nitrogen and oxygen atoms in total. The number of benzene rings is 1. The van der Waals surface area contributed by atoms with Crippen LogP contribution in [0, 0.1) is 11.3 Å². The lowest BCUT2D eigenvalue weighted by molar-refractivity contribution is -0.0163. The Hall–Kier alpha value is -1.05. The predicted molar refractivity (Wildman–Crippen MR) is 70.1 cm³/mol. The van der Waals surface area contributed by atoms with Crippen LogP contribution < -0.4 is 4.74 Å². The summed E-state index contributed by atoms with van der Waals surface area (Å²) in [6.07, 6.45) is 0. The molecule has 92 valence electrons. The summed E-state index contributed by atoms with van der Waals surface area (Å²) in [5.74, 6) is 0.583. The molecule has 0 spiro atoms. The Morgan fingerprint density at radius 1 is 1.29 bits per heavy atom. The Morgan fingerprint density at radius 3 is 2.59 bits per heavy atom. The number of nitriles is 1. The molecule has 0 saturated carbocycles. The molecular weight excluding hydrogens is 282 g/mol. The van der Waals surface area contributed by atoms with Crippen molar-refractivity contribution >= 4 is 15.9 Å². The molecule has 1 aromatic rings. The van der Waals surface area contributed by atoms with E-state index in [1.807, 2.05) is 32.9 Å². The van der Waals surface area contributed by atoms with Crippen molar-refractivity contribution in [1.29, 1.82) is 5.26 Å². The first-order valence-corrected chi connectivity index (χ1v) is 6.19. The van der Waals surface area contributed by atoms with Gasteiger partial charge in [-0.15, -0.1) is 0 Å². The third-order valence-electron chi connectivity index (χ3n) is 1.96. The highest BCUT2D eigenvalue weighted by Gasteiger charge is 2.10.